The van der Waals surface area contributed by atoms with Gasteiger partial charge in [-0.1, -0.05) is 91.0 Å². The molecule has 0 saturated carbocycles. The average Bonchev–Trinajstić information content (AvgIpc) is 2.80. The predicted octanol–water partition coefficient (Wildman–Crippen LogP) is 5.52. The van der Waals surface area contributed by atoms with E-state index < -0.39 is 28.5 Å². The van der Waals surface area contributed by atoms with Crippen LogP contribution in [0, 0.1) is 0 Å². The van der Waals surface area contributed by atoms with Gasteiger partial charge in [0.05, 0.1) is 4.75 Å². The van der Waals surface area contributed by atoms with Crippen LogP contribution in [0.2, 0.25) is 0 Å². The van der Waals surface area contributed by atoms with Crippen LogP contribution in [0.15, 0.2) is 91.0 Å². The molecule has 1 atom stereocenters. The second-order valence-corrected chi connectivity index (χ2v) is 9.82. The van der Waals surface area contributed by atoms with E-state index in [9.17, 15) is 9.59 Å². The van der Waals surface area contributed by atoms with Gasteiger partial charge in [-0.25, -0.2) is 9.59 Å². The minimum atomic E-state index is -1.05. The zero-order valence-corrected chi connectivity index (χ0v) is 19.9. The molecule has 6 heteroatoms. The van der Waals surface area contributed by atoms with Crippen molar-refractivity contribution in [3.63, 3.8) is 0 Å². The summed E-state index contributed by atoms with van der Waals surface area (Å²) < 4.78 is 9.28. The third-order valence-electron chi connectivity index (χ3n) is 4.90. The van der Waals surface area contributed by atoms with Crippen molar-refractivity contribution in [3.8, 4) is 0 Å². The Morgan fingerprint density at radius 3 is 1.55 bits per heavy atom. The molecule has 33 heavy (non-hydrogen) atoms. The van der Waals surface area contributed by atoms with Crippen molar-refractivity contribution in [1.82, 2.24) is 0 Å². The molecule has 0 radical (unpaired) electrons. The molecule has 0 unspecified atom stereocenters. The molecule has 2 N–H and O–H groups in total. The van der Waals surface area contributed by atoms with E-state index in [0.29, 0.717) is 0 Å². The number of nitrogens with two attached hydrogens (primary N) is 1. The fraction of sp³-hybridized carbons (Fsp3) is 0.259. The van der Waals surface area contributed by atoms with Crippen LogP contribution in [0.3, 0.4) is 0 Å². The predicted molar refractivity (Wildman–Crippen MR) is 132 cm³/mol. The number of ether oxygens (including phenoxy) is 2. The van der Waals surface area contributed by atoms with E-state index in [-0.39, 0.29) is 5.75 Å². The SMILES string of the molecule is CC(C)(C)OC(=O)OC(=O)[C@@H](N)CSC(c1ccccc1)(c1ccccc1)c1ccccc1. The molecule has 0 saturated heterocycles. The number of carbonyl (C=O) groups excluding carboxylic acids is 2. The third-order valence-corrected chi connectivity index (χ3v) is 6.56. The summed E-state index contributed by atoms with van der Waals surface area (Å²) in [5, 5.41) is 0. The summed E-state index contributed by atoms with van der Waals surface area (Å²) in [6.07, 6.45) is -1.05. The summed E-state index contributed by atoms with van der Waals surface area (Å²) in [6.45, 7) is 5.09. The normalized spacial score (nSPS) is 12.6. The number of thioether (sulfide) groups is 1. The van der Waals surface area contributed by atoms with Gasteiger partial charge in [0.15, 0.2) is 0 Å². The fourth-order valence-electron chi connectivity index (χ4n) is 3.48. The maximum Gasteiger partial charge on any atom is 0.516 e. The molecule has 0 aromatic heterocycles. The van der Waals surface area contributed by atoms with Gasteiger partial charge in [-0.2, -0.15) is 0 Å². The van der Waals surface area contributed by atoms with Gasteiger partial charge in [-0.15, -0.1) is 11.8 Å². The summed E-state index contributed by atoms with van der Waals surface area (Å²) in [5.41, 5.74) is 8.57. The Kier molecular flexibility index (Phi) is 7.95. The summed E-state index contributed by atoms with van der Waals surface area (Å²) in [4.78, 5) is 24.4. The van der Waals surface area contributed by atoms with Gasteiger partial charge in [-0.05, 0) is 37.5 Å². The van der Waals surface area contributed by atoms with E-state index in [1.807, 2.05) is 54.6 Å². The van der Waals surface area contributed by atoms with Gasteiger partial charge < -0.3 is 15.2 Å². The van der Waals surface area contributed by atoms with Crippen LogP contribution in [0.25, 0.3) is 0 Å². The van der Waals surface area contributed by atoms with Crippen molar-refractivity contribution in [2.45, 2.75) is 37.2 Å². The van der Waals surface area contributed by atoms with Gasteiger partial charge >= 0.3 is 12.1 Å². The second-order valence-electron chi connectivity index (χ2n) is 8.58. The smallest absolute Gasteiger partial charge is 0.428 e. The molecule has 3 aromatic carbocycles. The van der Waals surface area contributed by atoms with E-state index in [4.69, 9.17) is 15.2 Å². The highest BCUT2D eigenvalue weighted by Gasteiger charge is 2.38. The topological polar surface area (TPSA) is 78.6 Å². The lowest BCUT2D eigenvalue weighted by atomic mass is 9.84. The molecule has 0 bridgehead atoms. The first-order valence-electron chi connectivity index (χ1n) is 10.7. The van der Waals surface area contributed by atoms with E-state index in [0.717, 1.165) is 16.7 Å². The van der Waals surface area contributed by atoms with E-state index in [1.165, 1.54) is 11.8 Å². The molecule has 0 aliphatic heterocycles. The van der Waals surface area contributed by atoms with Crippen LogP contribution in [0.5, 0.6) is 0 Å². The highest BCUT2D eigenvalue weighted by molar-refractivity contribution is 8.00. The zero-order valence-electron chi connectivity index (χ0n) is 19.1. The molecule has 0 fully saturated rings. The first kappa shape index (κ1) is 24.6. The number of benzene rings is 3. The highest BCUT2D eigenvalue weighted by Crippen LogP contribution is 2.48. The molecule has 0 aliphatic rings. The van der Waals surface area contributed by atoms with Crippen LogP contribution in [-0.4, -0.2) is 29.5 Å². The Morgan fingerprint density at radius 1 is 0.788 bits per heavy atom. The molecule has 0 heterocycles. The Labute approximate surface area is 199 Å². The number of esters is 1. The molecule has 0 amide bonds. The van der Waals surface area contributed by atoms with E-state index >= 15 is 0 Å². The molecule has 5 nitrogen and oxygen atoms in total. The van der Waals surface area contributed by atoms with Gasteiger partial charge in [0.2, 0.25) is 0 Å². The van der Waals surface area contributed by atoms with Gasteiger partial charge in [0, 0.05) is 5.75 Å². The summed E-state index contributed by atoms with van der Waals surface area (Å²) >= 11 is 1.53. The number of hydrogen-bond donors (Lipinski definition) is 1. The quantitative estimate of drug-likeness (QED) is 0.282. The van der Waals surface area contributed by atoms with Crippen molar-refractivity contribution in [2.24, 2.45) is 5.73 Å². The lowest BCUT2D eigenvalue weighted by Crippen LogP contribution is -2.39. The van der Waals surface area contributed by atoms with Gasteiger partial charge in [0.25, 0.3) is 0 Å². The summed E-state index contributed by atoms with van der Waals surface area (Å²) in [6, 6.07) is 29.3. The molecular weight excluding hydrogens is 434 g/mol. The van der Waals surface area contributed by atoms with Crippen molar-refractivity contribution in [1.29, 1.82) is 0 Å². The second kappa shape index (κ2) is 10.7. The number of carbonyl (C=O) groups is 2. The van der Waals surface area contributed by atoms with Gasteiger partial charge in [-0.3, -0.25) is 0 Å². The maximum absolute atomic E-state index is 12.5. The summed E-state index contributed by atoms with van der Waals surface area (Å²) in [5.74, 6) is -0.597. The average molecular weight is 464 g/mol. The van der Waals surface area contributed by atoms with Crippen LogP contribution >= 0.6 is 11.8 Å². The minimum Gasteiger partial charge on any atom is -0.428 e. The largest absolute Gasteiger partial charge is 0.516 e. The summed E-state index contributed by atoms with van der Waals surface area (Å²) in [7, 11) is 0. The Bertz CT molecular complexity index is 953. The van der Waals surface area contributed by atoms with Gasteiger partial charge in [0.1, 0.15) is 11.6 Å². The zero-order chi connectivity index (χ0) is 23.9. The van der Waals surface area contributed by atoms with Crippen LogP contribution < -0.4 is 5.73 Å². The molecule has 172 valence electrons. The van der Waals surface area contributed by atoms with Crippen LogP contribution in [0.4, 0.5) is 4.79 Å². The molecule has 0 spiro atoms. The Hall–Kier alpha value is -3.09. The minimum absolute atomic E-state index is 0.223. The Balaban J connectivity index is 1.93. The maximum atomic E-state index is 12.5. The van der Waals surface area contributed by atoms with Crippen LogP contribution in [0.1, 0.15) is 37.5 Å². The van der Waals surface area contributed by atoms with Crippen molar-refractivity contribution in [3.05, 3.63) is 108 Å². The monoisotopic (exact) mass is 463 g/mol. The fourth-order valence-corrected chi connectivity index (χ4v) is 4.95. The van der Waals surface area contributed by atoms with E-state index in [1.54, 1.807) is 20.8 Å². The lowest BCUT2D eigenvalue weighted by Gasteiger charge is -2.36. The first-order chi connectivity index (χ1) is 15.7. The number of rotatable bonds is 7. The third kappa shape index (κ3) is 6.24. The molecule has 3 rings (SSSR count). The van der Waals surface area contributed by atoms with Crippen molar-refractivity contribution < 1.29 is 19.1 Å². The molecule has 3 aromatic rings. The first-order valence-corrected chi connectivity index (χ1v) is 11.7. The lowest BCUT2D eigenvalue weighted by molar-refractivity contribution is -0.142. The number of hydrogen-bond acceptors (Lipinski definition) is 6. The van der Waals surface area contributed by atoms with Crippen molar-refractivity contribution in [2.75, 3.05) is 5.75 Å². The molecule has 0 aliphatic carbocycles. The van der Waals surface area contributed by atoms with Crippen molar-refractivity contribution >= 4 is 23.9 Å². The standard InChI is InChI=1S/C27H29NO4S/c1-26(2,3)32-25(30)31-24(29)23(28)19-33-27(20-13-7-4-8-14-20,21-15-9-5-10-16-21)22-17-11-6-12-18-22/h4-18,23H,19,28H2,1-3H3/t23-/m0/s1. The highest BCUT2D eigenvalue weighted by atomic mass is 32.2. The van der Waals surface area contributed by atoms with E-state index in [2.05, 4.69) is 36.4 Å². The Morgan fingerprint density at radius 2 is 1.18 bits per heavy atom. The molecular formula is C27H29NO4S. The van der Waals surface area contributed by atoms with Crippen LogP contribution in [-0.2, 0) is 19.0 Å².